The van der Waals surface area contributed by atoms with Crippen molar-refractivity contribution in [2.75, 3.05) is 13.2 Å². The Labute approximate surface area is 364 Å². The molecule has 6 nitrogen and oxygen atoms in total. The zero-order chi connectivity index (χ0) is 43.0. The van der Waals surface area contributed by atoms with Crippen LogP contribution >= 0.6 is 0 Å². The van der Waals surface area contributed by atoms with E-state index in [0.717, 1.165) is 116 Å². The standard InChI is InChI=1S/C53H92O6/c1-4-7-10-13-16-19-22-24-26-28-31-34-37-40-43-46-52(55)58-49-50(48-57-51(54)45-42-39-36-33-30-21-18-15-12-9-6-3)59-53(56)47-44-41-38-35-32-29-27-25-23-20-17-14-11-8-5-2/h8,11,16-17,19-20,24-27,50H,4-7,9-10,12-15,18,21-23,28-49H2,1-3H3/b11-8-,19-16-,20-17-,26-24-,27-25-/t50-/m0/s1. The maximum Gasteiger partial charge on any atom is 0.306 e. The Balaban J connectivity index is 4.42. The molecule has 0 saturated carbocycles. The molecule has 0 spiro atoms. The molecular formula is C53H92O6. The number of unbranched alkanes of at least 4 members (excludes halogenated alkanes) is 23. The highest BCUT2D eigenvalue weighted by Crippen LogP contribution is 2.14. The second kappa shape index (κ2) is 47.8. The minimum Gasteiger partial charge on any atom is -0.462 e. The van der Waals surface area contributed by atoms with Gasteiger partial charge in [-0.3, -0.25) is 14.4 Å². The molecule has 0 aliphatic carbocycles. The van der Waals surface area contributed by atoms with Crippen LogP contribution in [0.4, 0.5) is 0 Å². The second-order valence-corrected chi connectivity index (χ2v) is 16.3. The Morgan fingerprint density at radius 3 is 1.07 bits per heavy atom. The molecule has 0 rings (SSSR count). The molecule has 6 heteroatoms. The van der Waals surface area contributed by atoms with Gasteiger partial charge in [-0.05, 0) is 83.5 Å². The predicted octanol–water partition coefficient (Wildman–Crippen LogP) is 16.1. The molecule has 0 fully saturated rings. The lowest BCUT2D eigenvalue weighted by Crippen LogP contribution is -2.30. The molecule has 0 N–H and O–H groups in total. The Bertz CT molecular complexity index is 1090. The molecule has 0 radical (unpaired) electrons. The molecule has 0 aliphatic heterocycles. The highest BCUT2D eigenvalue weighted by Gasteiger charge is 2.19. The number of carbonyl (C=O) groups is 3. The summed E-state index contributed by atoms with van der Waals surface area (Å²) in [4.78, 5) is 37.9. The van der Waals surface area contributed by atoms with Gasteiger partial charge in [0, 0.05) is 19.3 Å². The van der Waals surface area contributed by atoms with Crippen LogP contribution in [0.3, 0.4) is 0 Å². The summed E-state index contributed by atoms with van der Waals surface area (Å²) in [6, 6.07) is 0. The summed E-state index contributed by atoms with van der Waals surface area (Å²) in [6.45, 7) is 6.47. The van der Waals surface area contributed by atoms with E-state index in [1.807, 2.05) is 0 Å². The number of allylic oxidation sites excluding steroid dienone is 10. The van der Waals surface area contributed by atoms with Crippen LogP contribution in [0.1, 0.15) is 239 Å². The van der Waals surface area contributed by atoms with Gasteiger partial charge in [-0.2, -0.15) is 0 Å². The Kier molecular flexibility index (Phi) is 45.4. The molecule has 59 heavy (non-hydrogen) atoms. The van der Waals surface area contributed by atoms with Gasteiger partial charge in [0.05, 0.1) is 0 Å². The third kappa shape index (κ3) is 46.0. The van der Waals surface area contributed by atoms with Crippen molar-refractivity contribution in [3.05, 3.63) is 60.8 Å². The van der Waals surface area contributed by atoms with Gasteiger partial charge in [-0.25, -0.2) is 0 Å². The number of hydrogen-bond acceptors (Lipinski definition) is 6. The zero-order valence-corrected chi connectivity index (χ0v) is 38.8. The van der Waals surface area contributed by atoms with E-state index in [-0.39, 0.29) is 31.1 Å². The minimum atomic E-state index is -0.785. The molecular weight excluding hydrogens is 733 g/mol. The number of carbonyl (C=O) groups excluding carboxylic acids is 3. The first-order valence-electron chi connectivity index (χ1n) is 24.8. The monoisotopic (exact) mass is 825 g/mol. The topological polar surface area (TPSA) is 78.9 Å². The molecule has 1 atom stereocenters. The lowest BCUT2D eigenvalue weighted by Gasteiger charge is -2.18. The Morgan fingerprint density at radius 1 is 0.356 bits per heavy atom. The molecule has 0 aromatic heterocycles. The summed E-state index contributed by atoms with van der Waals surface area (Å²) in [5.41, 5.74) is 0. The summed E-state index contributed by atoms with van der Waals surface area (Å²) in [7, 11) is 0. The average molecular weight is 825 g/mol. The van der Waals surface area contributed by atoms with Gasteiger partial charge in [0.25, 0.3) is 0 Å². The second-order valence-electron chi connectivity index (χ2n) is 16.3. The summed E-state index contributed by atoms with van der Waals surface area (Å²) >= 11 is 0. The first-order valence-corrected chi connectivity index (χ1v) is 24.8. The van der Waals surface area contributed by atoms with Crippen LogP contribution < -0.4 is 0 Å². The third-order valence-corrected chi connectivity index (χ3v) is 10.5. The van der Waals surface area contributed by atoms with E-state index < -0.39 is 6.10 Å². The van der Waals surface area contributed by atoms with Gasteiger partial charge in [0.1, 0.15) is 13.2 Å². The molecule has 0 aromatic carbocycles. The van der Waals surface area contributed by atoms with Gasteiger partial charge in [-0.15, -0.1) is 0 Å². The van der Waals surface area contributed by atoms with Gasteiger partial charge in [-0.1, -0.05) is 197 Å². The van der Waals surface area contributed by atoms with Crippen molar-refractivity contribution in [3.63, 3.8) is 0 Å². The zero-order valence-electron chi connectivity index (χ0n) is 38.8. The Hall–Kier alpha value is -2.89. The summed E-state index contributed by atoms with van der Waals surface area (Å²) < 4.78 is 16.7. The van der Waals surface area contributed by atoms with E-state index in [1.54, 1.807) is 0 Å². The fourth-order valence-corrected chi connectivity index (χ4v) is 6.78. The van der Waals surface area contributed by atoms with Crippen molar-refractivity contribution in [2.24, 2.45) is 0 Å². The summed E-state index contributed by atoms with van der Waals surface area (Å²) in [5, 5.41) is 0. The minimum absolute atomic E-state index is 0.0845. The molecule has 0 amide bonds. The van der Waals surface area contributed by atoms with Gasteiger partial charge in [0.15, 0.2) is 6.10 Å². The van der Waals surface area contributed by atoms with Crippen LogP contribution in [-0.2, 0) is 28.6 Å². The molecule has 0 saturated heterocycles. The first-order chi connectivity index (χ1) is 29.0. The number of hydrogen-bond donors (Lipinski definition) is 0. The highest BCUT2D eigenvalue weighted by molar-refractivity contribution is 5.71. The van der Waals surface area contributed by atoms with Crippen molar-refractivity contribution in [1.29, 1.82) is 0 Å². The Morgan fingerprint density at radius 2 is 0.661 bits per heavy atom. The third-order valence-electron chi connectivity index (χ3n) is 10.5. The first kappa shape index (κ1) is 56.1. The van der Waals surface area contributed by atoms with Crippen LogP contribution in [0.25, 0.3) is 0 Å². The lowest BCUT2D eigenvalue weighted by atomic mass is 10.1. The number of esters is 3. The van der Waals surface area contributed by atoms with E-state index in [2.05, 4.69) is 81.5 Å². The predicted molar refractivity (Wildman–Crippen MR) is 251 cm³/mol. The summed E-state index contributed by atoms with van der Waals surface area (Å²) in [6.07, 6.45) is 57.7. The van der Waals surface area contributed by atoms with Gasteiger partial charge < -0.3 is 14.2 Å². The van der Waals surface area contributed by atoms with Crippen LogP contribution in [0.5, 0.6) is 0 Å². The van der Waals surface area contributed by atoms with Crippen LogP contribution in [0.15, 0.2) is 60.8 Å². The molecule has 0 heterocycles. The maximum absolute atomic E-state index is 12.8. The van der Waals surface area contributed by atoms with E-state index in [0.29, 0.717) is 19.3 Å². The lowest BCUT2D eigenvalue weighted by molar-refractivity contribution is -0.167. The molecule has 0 aromatic rings. The quantitative estimate of drug-likeness (QED) is 0.0263. The van der Waals surface area contributed by atoms with Crippen molar-refractivity contribution < 1.29 is 28.6 Å². The van der Waals surface area contributed by atoms with E-state index >= 15 is 0 Å². The van der Waals surface area contributed by atoms with Gasteiger partial charge in [0.2, 0.25) is 0 Å². The van der Waals surface area contributed by atoms with Crippen molar-refractivity contribution >= 4 is 17.9 Å². The van der Waals surface area contributed by atoms with E-state index in [1.165, 1.54) is 83.5 Å². The normalized spacial score (nSPS) is 12.5. The molecule has 0 aliphatic rings. The van der Waals surface area contributed by atoms with Crippen LogP contribution in [0, 0.1) is 0 Å². The average Bonchev–Trinajstić information content (AvgIpc) is 3.23. The number of ether oxygens (including phenoxy) is 3. The SMILES string of the molecule is CC/C=C\C/C=C\C/C=C\CCCCCCCC(=O)O[C@H](COC(=O)CCCCCCC/C=C\C/C=C\CCCCC)COC(=O)CCCCCCCCCCCCC. The molecule has 0 bridgehead atoms. The molecule has 340 valence electrons. The van der Waals surface area contributed by atoms with E-state index in [4.69, 9.17) is 14.2 Å². The van der Waals surface area contributed by atoms with Crippen molar-refractivity contribution in [1.82, 2.24) is 0 Å². The fourth-order valence-electron chi connectivity index (χ4n) is 6.78. The van der Waals surface area contributed by atoms with Crippen LogP contribution in [-0.4, -0.2) is 37.2 Å². The fraction of sp³-hybridized carbons (Fsp3) is 0.755. The summed E-state index contributed by atoms with van der Waals surface area (Å²) in [5.74, 6) is -0.915. The van der Waals surface area contributed by atoms with Gasteiger partial charge >= 0.3 is 17.9 Å². The van der Waals surface area contributed by atoms with Crippen molar-refractivity contribution in [2.45, 2.75) is 245 Å². The van der Waals surface area contributed by atoms with E-state index in [9.17, 15) is 14.4 Å². The molecule has 0 unspecified atom stereocenters. The van der Waals surface area contributed by atoms with Crippen molar-refractivity contribution in [3.8, 4) is 0 Å². The number of rotatable bonds is 44. The van der Waals surface area contributed by atoms with Crippen LogP contribution in [0.2, 0.25) is 0 Å². The maximum atomic E-state index is 12.8. The largest absolute Gasteiger partial charge is 0.462 e. The highest BCUT2D eigenvalue weighted by atomic mass is 16.6. The smallest absolute Gasteiger partial charge is 0.306 e.